The zero-order valence-electron chi connectivity index (χ0n) is 12.3. The Balaban J connectivity index is 1.79. The molecular weight excluding hydrogens is 325 g/mol. The van der Waals surface area contributed by atoms with Crippen molar-refractivity contribution in [2.45, 2.75) is 6.18 Å². The number of fused-ring (bicyclic) bond motifs is 1. The maximum Gasteiger partial charge on any atom is 0.416 e. The molecule has 24 heavy (non-hydrogen) atoms. The van der Waals surface area contributed by atoms with E-state index in [2.05, 4.69) is 15.4 Å². The summed E-state index contributed by atoms with van der Waals surface area (Å²) < 4.78 is 44.0. The molecule has 0 radical (unpaired) electrons. The summed E-state index contributed by atoms with van der Waals surface area (Å²) in [4.78, 5) is 16.2. The van der Waals surface area contributed by atoms with E-state index < -0.39 is 17.6 Å². The standard InChI is InChI=1S/C15H11F3N4O2/c1-24-11-6-7-12-19-14(21-22(12)8-11)20-13(23)9-2-4-10(5-3-9)15(16,17)18/h2-8H,1H3,(H,20,21,23). The third-order valence-electron chi connectivity index (χ3n) is 3.24. The van der Waals surface area contributed by atoms with Crippen molar-refractivity contribution in [1.29, 1.82) is 0 Å². The van der Waals surface area contributed by atoms with Crippen molar-refractivity contribution >= 4 is 17.5 Å². The van der Waals surface area contributed by atoms with Gasteiger partial charge < -0.3 is 4.74 Å². The normalized spacial score (nSPS) is 11.5. The van der Waals surface area contributed by atoms with Gasteiger partial charge in [0.05, 0.1) is 18.9 Å². The summed E-state index contributed by atoms with van der Waals surface area (Å²) in [6, 6.07) is 7.22. The highest BCUT2D eigenvalue weighted by molar-refractivity contribution is 6.03. The van der Waals surface area contributed by atoms with Crippen LogP contribution in [0.2, 0.25) is 0 Å². The van der Waals surface area contributed by atoms with Gasteiger partial charge in [0.15, 0.2) is 5.65 Å². The van der Waals surface area contributed by atoms with E-state index in [4.69, 9.17) is 4.74 Å². The number of rotatable bonds is 3. The number of nitrogens with one attached hydrogen (secondary N) is 1. The van der Waals surface area contributed by atoms with Gasteiger partial charge in [-0.3, -0.25) is 10.1 Å². The van der Waals surface area contributed by atoms with Crippen molar-refractivity contribution in [2.75, 3.05) is 12.4 Å². The van der Waals surface area contributed by atoms with Crippen molar-refractivity contribution in [1.82, 2.24) is 14.6 Å². The van der Waals surface area contributed by atoms with Crippen LogP contribution in [0.3, 0.4) is 0 Å². The summed E-state index contributed by atoms with van der Waals surface area (Å²) in [5, 5.41) is 6.50. The smallest absolute Gasteiger partial charge is 0.416 e. The summed E-state index contributed by atoms with van der Waals surface area (Å²) in [7, 11) is 1.51. The van der Waals surface area contributed by atoms with Crippen molar-refractivity contribution in [3.63, 3.8) is 0 Å². The predicted octanol–water partition coefficient (Wildman–Crippen LogP) is 3.01. The molecule has 1 N–H and O–H groups in total. The number of alkyl halides is 3. The van der Waals surface area contributed by atoms with Crippen molar-refractivity contribution in [3.8, 4) is 5.75 Å². The minimum atomic E-state index is -4.45. The van der Waals surface area contributed by atoms with E-state index in [0.717, 1.165) is 24.3 Å². The molecule has 0 aliphatic rings. The van der Waals surface area contributed by atoms with E-state index in [0.29, 0.717) is 11.4 Å². The van der Waals surface area contributed by atoms with Crippen LogP contribution in [0.1, 0.15) is 15.9 Å². The molecule has 3 aromatic rings. The minimum Gasteiger partial charge on any atom is -0.495 e. The lowest BCUT2D eigenvalue weighted by molar-refractivity contribution is -0.137. The fraction of sp³-hybridized carbons (Fsp3) is 0.133. The Hall–Kier alpha value is -3.10. The third kappa shape index (κ3) is 3.14. The second-order valence-corrected chi connectivity index (χ2v) is 4.84. The van der Waals surface area contributed by atoms with Crippen LogP contribution < -0.4 is 10.1 Å². The molecular formula is C15H11F3N4O2. The SMILES string of the molecule is COc1ccc2nc(NC(=O)c3ccc(C(F)(F)F)cc3)nn2c1. The highest BCUT2D eigenvalue weighted by Gasteiger charge is 2.30. The van der Waals surface area contributed by atoms with Gasteiger partial charge in [-0.2, -0.15) is 18.2 Å². The summed E-state index contributed by atoms with van der Waals surface area (Å²) >= 11 is 0. The van der Waals surface area contributed by atoms with Crippen LogP contribution in [0.15, 0.2) is 42.6 Å². The second-order valence-electron chi connectivity index (χ2n) is 4.84. The number of benzene rings is 1. The Morgan fingerprint density at radius 2 is 1.88 bits per heavy atom. The predicted molar refractivity (Wildman–Crippen MR) is 78.9 cm³/mol. The molecule has 0 saturated carbocycles. The molecule has 0 unspecified atom stereocenters. The molecule has 0 atom stereocenters. The molecule has 2 heterocycles. The lowest BCUT2D eigenvalue weighted by atomic mass is 10.1. The van der Waals surface area contributed by atoms with Gasteiger partial charge in [0.25, 0.3) is 5.91 Å². The fourth-order valence-electron chi connectivity index (χ4n) is 2.02. The molecule has 9 heteroatoms. The molecule has 124 valence electrons. The third-order valence-corrected chi connectivity index (χ3v) is 3.24. The van der Waals surface area contributed by atoms with Crippen LogP contribution in [0, 0.1) is 0 Å². The minimum absolute atomic E-state index is 0.0353. The number of aromatic nitrogens is 3. The Labute approximate surface area is 133 Å². The molecule has 0 fully saturated rings. The Bertz CT molecular complexity index is 888. The van der Waals surface area contributed by atoms with Crippen LogP contribution in [-0.4, -0.2) is 27.6 Å². The lowest BCUT2D eigenvalue weighted by Crippen LogP contribution is -2.14. The Morgan fingerprint density at radius 1 is 1.17 bits per heavy atom. The highest BCUT2D eigenvalue weighted by Crippen LogP contribution is 2.29. The van der Waals surface area contributed by atoms with Gasteiger partial charge in [0.1, 0.15) is 5.75 Å². The molecule has 6 nitrogen and oxygen atoms in total. The zero-order valence-corrected chi connectivity index (χ0v) is 12.3. The number of carbonyl (C=O) groups excluding carboxylic acids is 1. The first-order valence-electron chi connectivity index (χ1n) is 6.76. The highest BCUT2D eigenvalue weighted by atomic mass is 19.4. The first-order valence-corrected chi connectivity index (χ1v) is 6.76. The number of halogens is 3. The second kappa shape index (κ2) is 5.84. The number of carbonyl (C=O) groups is 1. The number of pyridine rings is 1. The number of hydrogen-bond acceptors (Lipinski definition) is 4. The number of nitrogens with zero attached hydrogens (tertiary/aromatic N) is 3. The Kier molecular flexibility index (Phi) is 3.84. The van der Waals surface area contributed by atoms with Gasteiger partial charge in [0.2, 0.25) is 5.95 Å². The van der Waals surface area contributed by atoms with Crippen molar-refractivity contribution in [2.24, 2.45) is 0 Å². The molecule has 0 bridgehead atoms. The molecule has 0 aliphatic carbocycles. The van der Waals surface area contributed by atoms with Gasteiger partial charge in [-0.15, -0.1) is 5.10 Å². The van der Waals surface area contributed by atoms with Crippen LogP contribution in [0.5, 0.6) is 5.75 Å². The van der Waals surface area contributed by atoms with Gasteiger partial charge >= 0.3 is 6.18 Å². The van der Waals surface area contributed by atoms with E-state index in [1.165, 1.54) is 11.6 Å². The first kappa shape index (κ1) is 15.8. The van der Waals surface area contributed by atoms with Gasteiger partial charge in [-0.25, -0.2) is 4.52 Å². The van der Waals surface area contributed by atoms with E-state index in [1.807, 2.05) is 0 Å². The van der Waals surface area contributed by atoms with E-state index in [-0.39, 0.29) is 11.5 Å². The Morgan fingerprint density at radius 3 is 2.50 bits per heavy atom. The van der Waals surface area contributed by atoms with E-state index in [9.17, 15) is 18.0 Å². The van der Waals surface area contributed by atoms with Crippen molar-refractivity contribution in [3.05, 3.63) is 53.7 Å². The van der Waals surface area contributed by atoms with Gasteiger partial charge in [-0.1, -0.05) is 0 Å². The van der Waals surface area contributed by atoms with Crippen LogP contribution in [-0.2, 0) is 6.18 Å². The number of ether oxygens (including phenoxy) is 1. The maximum absolute atomic E-state index is 12.5. The summed E-state index contributed by atoms with van der Waals surface area (Å²) in [6.45, 7) is 0. The molecule has 1 aromatic carbocycles. The number of hydrogen-bond donors (Lipinski definition) is 1. The monoisotopic (exact) mass is 336 g/mol. The van der Waals surface area contributed by atoms with Crippen LogP contribution >= 0.6 is 0 Å². The van der Waals surface area contributed by atoms with E-state index in [1.54, 1.807) is 18.3 Å². The van der Waals surface area contributed by atoms with Crippen molar-refractivity contribution < 1.29 is 22.7 Å². The fourth-order valence-corrected chi connectivity index (χ4v) is 2.02. The molecule has 0 saturated heterocycles. The summed E-state index contributed by atoms with van der Waals surface area (Å²) in [6.07, 6.45) is -2.87. The zero-order chi connectivity index (χ0) is 17.3. The first-order chi connectivity index (χ1) is 11.4. The lowest BCUT2D eigenvalue weighted by Gasteiger charge is -2.07. The molecule has 1 amide bonds. The quantitative estimate of drug-likeness (QED) is 0.798. The number of amides is 1. The maximum atomic E-state index is 12.5. The van der Waals surface area contributed by atoms with E-state index >= 15 is 0 Å². The van der Waals surface area contributed by atoms with Crippen LogP contribution in [0.25, 0.3) is 5.65 Å². The molecule has 0 spiro atoms. The molecule has 3 rings (SSSR count). The number of anilines is 1. The van der Waals surface area contributed by atoms with Gasteiger partial charge in [0, 0.05) is 5.56 Å². The topological polar surface area (TPSA) is 68.5 Å². The summed E-state index contributed by atoms with van der Waals surface area (Å²) in [5.41, 5.74) is -0.269. The largest absolute Gasteiger partial charge is 0.495 e. The average molecular weight is 336 g/mol. The van der Waals surface area contributed by atoms with Crippen LogP contribution in [0.4, 0.5) is 19.1 Å². The average Bonchev–Trinajstić information content (AvgIpc) is 2.95. The molecule has 0 aliphatic heterocycles. The number of methoxy groups -OCH3 is 1. The summed E-state index contributed by atoms with van der Waals surface area (Å²) in [5.74, 6) is -0.00670. The molecule has 2 aromatic heterocycles. The van der Waals surface area contributed by atoms with Gasteiger partial charge in [-0.05, 0) is 36.4 Å².